The molecule has 7 nitrogen and oxygen atoms in total. The van der Waals surface area contributed by atoms with Gasteiger partial charge in [-0.25, -0.2) is 0 Å². The number of hydrogen-bond acceptors (Lipinski definition) is 6. The van der Waals surface area contributed by atoms with Crippen molar-refractivity contribution >= 4 is 11.8 Å². The molecule has 20 heavy (non-hydrogen) atoms. The predicted molar refractivity (Wildman–Crippen MR) is 70.8 cm³/mol. The van der Waals surface area contributed by atoms with Gasteiger partial charge in [-0.3, -0.25) is 14.5 Å². The van der Waals surface area contributed by atoms with Crippen molar-refractivity contribution in [2.24, 2.45) is 0 Å². The zero-order valence-electron chi connectivity index (χ0n) is 12.0. The molecule has 1 fully saturated rings. The predicted octanol–water partition coefficient (Wildman–Crippen LogP) is 0.436. The number of hydrogen-bond donors (Lipinski definition) is 1. The van der Waals surface area contributed by atoms with Crippen molar-refractivity contribution in [3.63, 3.8) is 0 Å². The Hall–Kier alpha value is -1.76. The molecular formula is C13H20N4O3. The summed E-state index contributed by atoms with van der Waals surface area (Å²) >= 11 is 0. The molecule has 1 aromatic heterocycles. The summed E-state index contributed by atoms with van der Waals surface area (Å²) in [7, 11) is 0. The molecule has 0 radical (unpaired) electrons. The van der Waals surface area contributed by atoms with E-state index in [-0.39, 0.29) is 24.3 Å². The Balaban J connectivity index is 1.85. The average molecular weight is 280 g/mol. The number of carbonyl (C=O) groups excluding carboxylic acids is 2. The molecule has 7 heteroatoms. The van der Waals surface area contributed by atoms with Crippen molar-refractivity contribution < 1.29 is 14.1 Å². The minimum Gasteiger partial charge on any atom is -0.339 e. The van der Waals surface area contributed by atoms with Gasteiger partial charge in [0.25, 0.3) is 0 Å². The summed E-state index contributed by atoms with van der Waals surface area (Å²) in [4.78, 5) is 29.5. The molecule has 0 bridgehead atoms. The zero-order valence-corrected chi connectivity index (χ0v) is 12.0. The fourth-order valence-corrected chi connectivity index (χ4v) is 2.25. The van der Waals surface area contributed by atoms with Gasteiger partial charge in [0.15, 0.2) is 5.82 Å². The molecule has 0 aromatic carbocycles. The summed E-state index contributed by atoms with van der Waals surface area (Å²) in [6.07, 6.45) is 1.54. The Morgan fingerprint density at radius 2 is 2.25 bits per heavy atom. The number of nitrogens with one attached hydrogen (secondary N) is 1. The molecule has 1 N–H and O–H groups in total. The number of imide groups is 1. The van der Waals surface area contributed by atoms with E-state index in [1.54, 1.807) is 6.92 Å². The number of rotatable bonds is 6. The van der Waals surface area contributed by atoms with E-state index >= 15 is 0 Å². The molecule has 2 atom stereocenters. The van der Waals surface area contributed by atoms with Crippen LogP contribution in [-0.2, 0) is 16.0 Å². The molecule has 2 rings (SSSR count). The Bertz CT molecular complexity index is 500. The molecule has 0 spiro atoms. The first kappa shape index (κ1) is 14.6. The minimum atomic E-state index is -0.430. The summed E-state index contributed by atoms with van der Waals surface area (Å²) < 4.78 is 4.99. The van der Waals surface area contributed by atoms with Gasteiger partial charge in [0, 0.05) is 19.0 Å². The van der Waals surface area contributed by atoms with Crippen LogP contribution in [0.1, 0.15) is 38.4 Å². The largest absolute Gasteiger partial charge is 0.339 e. The van der Waals surface area contributed by atoms with Crippen LogP contribution in [-0.4, -0.2) is 45.5 Å². The topological polar surface area (TPSA) is 88.3 Å². The standard InChI is InChI=1S/C13H20N4O3/c1-4-8(2)17-12(18)7-10(13(17)19)14-6-5-11-15-9(3)16-20-11/h8,10,14H,4-7H2,1-3H3. The Morgan fingerprint density at radius 3 is 2.85 bits per heavy atom. The molecule has 2 heterocycles. The molecule has 0 aliphatic carbocycles. The zero-order chi connectivity index (χ0) is 14.7. The lowest BCUT2D eigenvalue weighted by Gasteiger charge is -2.21. The van der Waals surface area contributed by atoms with Crippen molar-refractivity contribution in [3.8, 4) is 0 Å². The first-order valence-corrected chi connectivity index (χ1v) is 6.91. The van der Waals surface area contributed by atoms with Gasteiger partial charge < -0.3 is 9.84 Å². The van der Waals surface area contributed by atoms with Gasteiger partial charge in [-0.2, -0.15) is 4.98 Å². The molecule has 110 valence electrons. The third-order valence-electron chi connectivity index (χ3n) is 3.51. The van der Waals surface area contributed by atoms with Gasteiger partial charge in [0.05, 0.1) is 12.5 Å². The van der Waals surface area contributed by atoms with Gasteiger partial charge in [-0.1, -0.05) is 12.1 Å². The third-order valence-corrected chi connectivity index (χ3v) is 3.51. The molecule has 2 amide bonds. The van der Waals surface area contributed by atoms with Crippen molar-refractivity contribution in [1.82, 2.24) is 20.4 Å². The second kappa shape index (κ2) is 6.13. The van der Waals surface area contributed by atoms with E-state index in [1.165, 1.54) is 4.90 Å². The quantitative estimate of drug-likeness (QED) is 0.760. The fraction of sp³-hybridized carbons (Fsp3) is 0.692. The third kappa shape index (κ3) is 3.04. The van der Waals surface area contributed by atoms with Crippen molar-refractivity contribution in [2.45, 2.75) is 52.1 Å². The average Bonchev–Trinajstić information content (AvgIpc) is 2.94. The van der Waals surface area contributed by atoms with Crippen LogP contribution in [0, 0.1) is 6.92 Å². The van der Waals surface area contributed by atoms with Crippen LogP contribution in [0.4, 0.5) is 0 Å². The number of amides is 2. The number of carbonyl (C=O) groups is 2. The highest BCUT2D eigenvalue weighted by Crippen LogP contribution is 2.17. The molecular weight excluding hydrogens is 260 g/mol. The lowest BCUT2D eigenvalue weighted by Crippen LogP contribution is -2.43. The van der Waals surface area contributed by atoms with E-state index in [0.717, 1.165) is 6.42 Å². The molecule has 1 aliphatic heterocycles. The van der Waals surface area contributed by atoms with Gasteiger partial charge in [-0.05, 0) is 20.3 Å². The minimum absolute atomic E-state index is 0.0413. The number of aryl methyl sites for hydroxylation is 1. The summed E-state index contributed by atoms with van der Waals surface area (Å²) in [6, 6.07) is -0.471. The van der Waals surface area contributed by atoms with Crippen LogP contribution in [0.3, 0.4) is 0 Å². The number of likely N-dealkylation sites (tertiary alicyclic amines) is 1. The Labute approximate surface area is 117 Å². The fourth-order valence-electron chi connectivity index (χ4n) is 2.25. The first-order chi connectivity index (χ1) is 9.52. The SMILES string of the molecule is CCC(C)N1C(=O)CC(NCCc2nc(C)no2)C1=O. The van der Waals surface area contributed by atoms with E-state index in [0.29, 0.717) is 24.7 Å². The van der Waals surface area contributed by atoms with Gasteiger partial charge in [0.1, 0.15) is 0 Å². The number of nitrogens with zero attached hydrogens (tertiary/aromatic N) is 3. The summed E-state index contributed by atoms with van der Waals surface area (Å²) in [5.74, 6) is 0.891. The van der Waals surface area contributed by atoms with Gasteiger partial charge >= 0.3 is 0 Å². The Morgan fingerprint density at radius 1 is 1.50 bits per heavy atom. The van der Waals surface area contributed by atoms with E-state index in [4.69, 9.17) is 4.52 Å². The number of aromatic nitrogens is 2. The first-order valence-electron chi connectivity index (χ1n) is 6.91. The van der Waals surface area contributed by atoms with E-state index < -0.39 is 6.04 Å². The maximum atomic E-state index is 12.2. The smallest absolute Gasteiger partial charge is 0.247 e. The van der Waals surface area contributed by atoms with Crippen LogP contribution < -0.4 is 5.32 Å². The second-order valence-electron chi connectivity index (χ2n) is 5.06. The highest BCUT2D eigenvalue weighted by Gasteiger charge is 2.40. The van der Waals surface area contributed by atoms with Crippen LogP contribution >= 0.6 is 0 Å². The van der Waals surface area contributed by atoms with E-state index in [1.807, 2.05) is 13.8 Å². The van der Waals surface area contributed by atoms with Crippen molar-refractivity contribution in [2.75, 3.05) is 6.54 Å². The molecule has 1 aliphatic rings. The molecule has 1 aromatic rings. The van der Waals surface area contributed by atoms with Crippen molar-refractivity contribution in [1.29, 1.82) is 0 Å². The van der Waals surface area contributed by atoms with Crippen molar-refractivity contribution in [3.05, 3.63) is 11.7 Å². The van der Waals surface area contributed by atoms with Gasteiger partial charge in [0.2, 0.25) is 17.7 Å². The molecule has 0 saturated carbocycles. The summed E-state index contributed by atoms with van der Waals surface area (Å²) in [6.45, 7) is 6.13. The van der Waals surface area contributed by atoms with Crippen LogP contribution in [0.25, 0.3) is 0 Å². The second-order valence-corrected chi connectivity index (χ2v) is 5.06. The molecule has 2 unspecified atom stereocenters. The van der Waals surface area contributed by atoms with Crippen LogP contribution in [0.2, 0.25) is 0 Å². The van der Waals surface area contributed by atoms with Crippen LogP contribution in [0.5, 0.6) is 0 Å². The maximum Gasteiger partial charge on any atom is 0.247 e. The van der Waals surface area contributed by atoms with Crippen LogP contribution in [0.15, 0.2) is 4.52 Å². The van der Waals surface area contributed by atoms with Gasteiger partial charge in [-0.15, -0.1) is 0 Å². The monoisotopic (exact) mass is 280 g/mol. The summed E-state index contributed by atoms with van der Waals surface area (Å²) in [5.41, 5.74) is 0. The highest BCUT2D eigenvalue weighted by atomic mass is 16.5. The summed E-state index contributed by atoms with van der Waals surface area (Å²) in [5, 5.41) is 6.79. The maximum absolute atomic E-state index is 12.2. The van der Waals surface area contributed by atoms with E-state index in [2.05, 4.69) is 15.5 Å². The Kier molecular flexibility index (Phi) is 4.49. The van der Waals surface area contributed by atoms with E-state index in [9.17, 15) is 9.59 Å². The normalized spacial score (nSPS) is 20.8. The molecule has 1 saturated heterocycles. The lowest BCUT2D eigenvalue weighted by atomic mass is 10.2. The highest BCUT2D eigenvalue weighted by molar-refractivity contribution is 6.05. The lowest BCUT2D eigenvalue weighted by molar-refractivity contribution is -0.141.